The van der Waals surface area contributed by atoms with Crippen molar-refractivity contribution in [3.63, 3.8) is 0 Å². The van der Waals surface area contributed by atoms with Gasteiger partial charge in [-0.3, -0.25) is 38.5 Å². The quantitative estimate of drug-likeness (QED) is 0.0483. The van der Waals surface area contributed by atoms with Crippen LogP contribution in [0.25, 0.3) is 0 Å². The van der Waals surface area contributed by atoms with Crippen molar-refractivity contribution in [2.45, 2.75) is 279 Å². The first-order chi connectivity index (χ1) is 43.2. The molecule has 11 aliphatic rings. The molecule has 0 aromatic heterocycles. The number of aliphatic hydroxyl groups excluding tert-OH is 1. The molecule has 12 bridgehead atoms. The number of hydrogen-bond donors (Lipinski definition) is 5. The predicted molar refractivity (Wildman–Crippen MR) is 328 cm³/mol. The monoisotopic (exact) mass is 1260 g/mol. The molecule has 0 saturated carbocycles. The van der Waals surface area contributed by atoms with Crippen LogP contribution in [0.15, 0.2) is 36.5 Å². The molecule has 0 aliphatic carbocycles. The SMILES string of the molecule is C=C1C[C@@H]2CC[C@@]34CC5O[C@H]6[C@@H](O3)[C@H]3O[C@H](CC[C@@H]3O[C@H]6[C@H]5O4)CC(=O)C[C@@H]3[C@@H](OC)[C@@H](C[C@H](O)CNC(=O)CNC(=O)[C@H](CCCCN(CC)CC)NC(=O)[C@@H](NC(=O)CCCCCN4C(=O)C=CC4=O)C(C)C)O[C@H]3C[C@H]3O[C@@H](CCC1O2)C[C@@H](C)C3=C. The van der Waals surface area contributed by atoms with Crippen LogP contribution in [-0.2, 0) is 76.2 Å². The second-order valence-corrected chi connectivity index (χ2v) is 27.6. The fraction of sp³-hybridized carbons (Fsp3) is 0.806. The van der Waals surface area contributed by atoms with E-state index in [0.717, 1.165) is 74.2 Å². The summed E-state index contributed by atoms with van der Waals surface area (Å²) in [6, 6.07) is -1.96. The van der Waals surface area contributed by atoms with Crippen LogP contribution in [0.3, 0.4) is 0 Å². The number of hydrogen-bond acceptors (Lipinski definition) is 18. The van der Waals surface area contributed by atoms with E-state index in [1.807, 2.05) is 0 Å². The Kier molecular flexibility index (Phi) is 23.3. The van der Waals surface area contributed by atoms with Crippen molar-refractivity contribution in [1.82, 2.24) is 31.1 Å². The zero-order valence-corrected chi connectivity index (χ0v) is 54.0. The second-order valence-electron chi connectivity index (χ2n) is 27.6. The summed E-state index contributed by atoms with van der Waals surface area (Å²) in [4.78, 5) is 96.2. The highest BCUT2D eigenvalue weighted by Crippen LogP contribution is 2.54. The van der Waals surface area contributed by atoms with Gasteiger partial charge in [0.05, 0.1) is 73.7 Å². The van der Waals surface area contributed by atoms with Crippen LogP contribution in [0.5, 0.6) is 0 Å². The maximum Gasteiger partial charge on any atom is 0.253 e. The summed E-state index contributed by atoms with van der Waals surface area (Å²) in [6.45, 7) is 21.1. The van der Waals surface area contributed by atoms with Gasteiger partial charge in [0.2, 0.25) is 23.6 Å². The molecule has 11 heterocycles. The van der Waals surface area contributed by atoms with E-state index in [0.29, 0.717) is 57.8 Å². The van der Waals surface area contributed by atoms with E-state index in [1.165, 1.54) is 12.2 Å². The lowest BCUT2D eigenvalue weighted by atomic mass is 9.81. The van der Waals surface area contributed by atoms with Crippen LogP contribution in [0.4, 0.5) is 0 Å². The molecule has 11 aliphatic heterocycles. The van der Waals surface area contributed by atoms with Gasteiger partial charge in [-0.05, 0) is 120 Å². The van der Waals surface area contributed by atoms with E-state index in [4.69, 9.17) is 42.6 Å². The number of Topliss-reactive ketones (excluding diaryl/α,β-unsaturated/α-hetero) is 1. The number of carbonyl (C=O) groups is 7. The summed E-state index contributed by atoms with van der Waals surface area (Å²) in [6.07, 6.45) is 7.18. The normalized spacial score (nSPS) is 36.6. The number of rotatable bonds is 25. The number of carbonyl (C=O) groups excluding carboxylic acids is 7. The third-order valence-electron chi connectivity index (χ3n) is 20.9. The summed E-state index contributed by atoms with van der Waals surface area (Å²) in [5.74, 6) is -4.15. The van der Waals surface area contributed by atoms with Crippen molar-refractivity contribution in [3.8, 4) is 0 Å². The maximum atomic E-state index is 14.6. The number of amides is 6. The van der Waals surface area contributed by atoms with Crippen LogP contribution in [0, 0.1) is 17.8 Å². The van der Waals surface area contributed by atoms with E-state index in [9.17, 15) is 38.7 Å². The molecule has 23 nitrogen and oxygen atoms in total. The van der Waals surface area contributed by atoms with Gasteiger partial charge in [-0.25, -0.2) is 0 Å². The number of ether oxygens (including phenoxy) is 9. The van der Waals surface area contributed by atoms with Crippen molar-refractivity contribution in [1.29, 1.82) is 0 Å². The first-order valence-corrected chi connectivity index (χ1v) is 34.0. The highest BCUT2D eigenvalue weighted by molar-refractivity contribution is 6.12. The molecule has 21 atom stereocenters. The first kappa shape index (κ1) is 68.3. The lowest BCUT2D eigenvalue weighted by molar-refractivity contribution is -0.292. The molecule has 11 rings (SSSR count). The Hall–Kier alpha value is -4.53. The Morgan fingerprint density at radius 2 is 1.46 bits per heavy atom. The zero-order chi connectivity index (χ0) is 64.0. The minimum atomic E-state index is -1.11. The molecule has 502 valence electrons. The Bertz CT molecular complexity index is 2600. The minimum Gasteiger partial charge on any atom is -0.391 e. The number of imide groups is 1. The first-order valence-electron chi connectivity index (χ1n) is 34.0. The second kappa shape index (κ2) is 30.7. The Morgan fingerprint density at radius 1 is 0.733 bits per heavy atom. The predicted octanol–water partition coefficient (Wildman–Crippen LogP) is 4.33. The van der Waals surface area contributed by atoms with Gasteiger partial charge in [0.1, 0.15) is 48.4 Å². The Balaban J connectivity index is 0.754. The molecule has 10 fully saturated rings. The molecule has 0 aromatic carbocycles. The summed E-state index contributed by atoms with van der Waals surface area (Å²) >= 11 is 0. The molecule has 90 heavy (non-hydrogen) atoms. The van der Waals surface area contributed by atoms with Crippen molar-refractivity contribution in [2.75, 3.05) is 46.4 Å². The standard InChI is InChI=1S/C67H102N6O17/c1-9-72(10-2)26-15-13-16-47(70-66(81)58(37(3)4)71-54(76)17-12-11-14-27-73-56(78)22-23-57(73)79)65(80)69-36-55(77)68-35-42(75)32-52-59(82-8)46-31-41(74)30-44-19-21-49-60(85-44)64-63-62(87-49)61-53(88-63)34-67(89-61,90-64)25-24-45-29-39(6)48(83-45)20-18-43-28-38(5)40(7)50(84-43)33-51(46)86-52/h22-23,37-38,42-53,58-64,75H,6-7,9-21,24-36H2,1-5,8H3,(H,68,77)(H,69,80)(H,70,81)(H,71,76)/t38-,42+,43+,44-,45+,46+,47+,48?,49+,50-,51+,52-,53?,58+,59-,60+,61+,62+,63-,64+,67+/m1/s1. The van der Waals surface area contributed by atoms with Gasteiger partial charge in [-0.2, -0.15) is 0 Å². The third kappa shape index (κ3) is 16.3. The maximum absolute atomic E-state index is 14.6. The van der Waals surface area contributed by atoms with Crippen LogP contribution in [-0.4, -0.2) is 218 Å². The van der Waals surface area contributed by atoms with Crippen molar-refractivity contribution in [3.05, 3.63) is 36.5 Å². The van der Waals surface area contributed by atoms with Gasteiger partial charge in [0.25, 0.3) is 11.8 Å². The third-order valence-corrected chi connectivity index (χ3v) is 20.9. The molecule has 6 amide bonds. The molecular formula is C67H102N6O17. The lowest BCUT2D eigenvalue weighted by Gasteiger charge is -2.47. The van der Waals surface area contributed by atoms with Gasteiger partial charge in [-0.1, -0.05) is 54.2 Å². The van der Waals surface area contributed by atoms with Crippen LogP contribution < -0.4 is 21.3 Å². The van der Waals surface area contributed by atoms with Gasteiger partial charge in [0, 0.05) is 83.2 Å². The van der Waals surface area contributed by atoms with E-state index < -0.39 is 84.7 Å². The highest BCUT2D eigenvalue weighted by Gasteiger charge is 2.69. The number of nitrogens with zero attached hydrogens (tertiary/aromatic N) is 2. The molecular weight excluding hydrogens is 1160 g/mol. The topological polar surface area (TPSA) is 277 Å². The van der Waals surface area contributed by atoms with Crippen LogP contribution in [0.1, 0.15) is 163 Å². The van der Waals surface area contributed by atoms with Gasteiger partial charge >= 0.3 is 0 Å². The Morgan fingerprint density at radius 3 is 2.21 bits per heavy atom. The molecule has 10 saturated heterocycles. The van der Waals surface area contributed by atoms with E-state index >= 15 is 0 Å². The molecule has 5 N–H and O–H groups in total. The lowest BCUT2D eigenvalue weighted by Crippen LogP contribution is -2.61. The molecule has 1 spiro atoms. The largest absolute Gasteiger partial charge is 0.391 e. The molecule has 2 unspecified atom stereocenters. The van der Waals surface area contributed by atoms with Crippen molar-refractivity contribution >= 4 is 41.2 Å². The fourth-order valence-corrected chi connectivity index (χ4v) is 15.8. The van der Waals surface area contributed by atoms with Crippen molar-refractivity contribution < 1.29 is 81.3 Å². The van der Waals surface area contributed by atoms with E-state index in [2.05, 4.69) is 60.1 Å². The van der Waals surface area contributed by atoms with Crippen molar-refractivity contribution in [2.24, 2.45) is 17.8 Å². The average Bonchev–Trinajstić information content (AvgIpc) is 1.55. The van der Waals surface area contributed by atoms with Crippen LogP contribution in [0.2, 0.25) is 0 Å². The highest BCUT2D eigenvalue weighted by atomic mass is 16.8. The number of ketones is 1. The van der Waals surface area contributed by atoms with Gasteiger partial charge in [0.15, 0.2) is 5.79 Å². The minimum absolute atomic E-state index is 0.00274. The van der Waals surface area contributed by atoms with E-state index in [1.54, 1.807) is 21.0 Å². The summed E-state index contributed by atoms with van der Waals surface area (Å²) < 4.78 is 60.9. The summed E-state index contributed by atoms with van der Waals surface area (Å²) in [5, 5.41) is 22.8. The number of fused-ring (bicyclic) bond motifs is 6. The summed E-state index contributed by atoms with van der Waals surface area (Å²) in [5.41, 5.74) is 2.05. The van der Waals surface area contributed by atoms with Crippen LogP contribution >= 0.6 is 0 Å². The zero-order valence-electron chi connectivity index (χ0n) is 54.0. The average molecular weight is 1260 g/mol. The molecule has 0 aromatic rings. The molecule has 23 heteroatoms. The number of aliphatic hydroxyl groups is 1. The van der Waals surface area contributed by atoms with Gasteiger partial charge in [-0.15, -0.1) is 0 Å². The number of unbranched alkanes of at least 4 members (excludes halogenated alkanes) is 3. The van der Waals surface area contributed by atoms with E-state index in [-0.39, 0.29) is 142 Å². The van der Waals surface area contributed by atoms with Gasteiger partial charge < -0.3 is 73.9 Å². The fourth-order valence-electron chi connectivity index (χ4n) is 15.8. The number of methoxy groups -OCH3 is 1. The Labute approximate surface area is 530 Å². The number of nitrogens with one attached hydrogen (secondary N) is 4. The summed E-state index contributed by atoms with van der Waals surface area (Å²) in [7, 11) is 1.59. The smallest absolute Gasteiger partial charge is 0.253 e. The molecule has 0 radical (unpaired) electrons.